The maximum Gasteiger partial charge on any atom is 0.332 e. The Morgan fingerprint density at radius 1 is 1.40 bits per heavy atom. The first kappa shape index (κ1) is 14.0. The lowest BCUT2D eigenvalue weighted by molar-refractivity contribution is -0.142. The standard InChI is InChI=1S/C11H14N4O5/c1-13-6-12-9-8(13)10(18)15(11(19)14(9)2)3-4-20-5-7(16)17/h6H,3-5H2,1-2H3,(H,16,17). The third kappa shape index (κ3) is 2.35. The molecule has 2 aromatic heterocycles. The van der Waals surface area contributed by atoms with E-state index in [2.05, 4.69) is 4.98 Å². The fraction of sp³-hybridized carbons (Fsp3) is 0.455. The molecule has 0 aliphatic carbocycles. The Morgan fingerprint density at radius 2 is 2.10 bits per heavy atom. The summed E-state index contributed by atoms with van der Waals surface area (Å²) < 4.78 is 8.65. The minimum Gasteiger partial charge on any atom is -0.480 e. The lowest BCUT2D eigenvalue weighted by Crippen LogP contribution is -2.40. The van der Waals surface area contributed by atoms with Crippen LogP contribution in [0.1, 0.15) is 0 Å². The van der Waals surface area contributed by atoms with Gasteiger partial charge in [-0.2, -0.15) is 0 Å². The smallest absolute Gasteiger partial charge is 0.332 e. The first-order valence-corrected chi connectivity index (χ1v) is 5.84. The van der Waals surface area contributed by atoms with Crippen LogP contribution >= 0.6 is 0 Å². The normalized spacial score (nSPS) is 11.1. The van der Waals surface area contributed by atoms with E-state index in [1.807, 2.05) is 0 Å². The molecule has 9 heteroatoms. The maximum absolute atomic E-state index is 12.2. The fourth-order valence-corrected chi connectivity index (χ4v) is 1.91. The molecule has 0 saturated carbocycles. The zero-order chi connectivity index (χ0) is 14.9. The molecule has 0 fully saturated rings. The highest BCUT2D eigenvalue weighted by atomic mass is 16.5. The summed E-state index contributed by atoms with van der Waals surface area (Å²) in [6.07, 6.45) is 1.46. The molecule has 2 rings (SSSR count). The highest BCUT2D eigenvalue weighted by Crippen LogP contribution is 2.02. The van der Waals surface area contributed by atoms with Crippen molar-refractivity contribution in [2.45, 2.75) is 6.54 Å². The summed E-state index contributed by atoms with van der Waals surface area (Å²) in [6.45, 7) is -0.520. The summed E-state index contributed by atoms with van der Waals surface area (Å²) in [7, 11) is 3.18. The maximum atomic E-state index is 12.2. The molecule has 1 N–H and O–H groups in total. The fourth-order valence-electron chi connectivity index (χ4n) is 1.91. The van der Waals surface area contributed by atoms with Crippen molar-refractivity contribution in [2.24, 2.45) is 14.1 Å². The lowest BCUT2D eigenvalue weighted by Gasteiger charge is -2.08. The van der Waals surface area contributed by atoms with Gasteiger partial charge in [0, 0.05) is 14.1 Å². The summed E-state index contributed by atoms with van der Waals surface area (Å²) in [6, 6.07) is 0. The number of imidazole rings is 1. The molecule has 0 atom stereocenters. The van der Waals surface area contributed by atoms with Gasteiger partial charge in [0.15, 0.2) is 11.2 Å². The van der Waals surface area contributed by atoms with Gasteiger partial charge in [0.1, 0.15) is 6.61 Å². The second-order valence-corrected chi connectivity index (χ2v) is 4.27. The third-order valence-corrected chi connectivity index (χ3v) is 2.89. The summed E-state index contributed by atoms with van der Waals surface area (Å²) in [5.41, 5.74) is -0.363. The third-order valence-electron chi connectivity index (χ3n) is 2.89. The van der Waals surface area contributed by atoms with Gasteiger partial charge >= 0.3 is 11.7 Å². The van der Waals surface area contributed by atoms with E-state index in [0.29, 0.717) is 11.2 Å². The van der Waals surface area contributed by atoms with Crippen molar-refractivity contribution in [1.82, 2.24) is 18.7 Å². The van der Waals surface area contributed by atoms with Gasteiger partial charge in [0.25, 0.3) is 5.56 Å². The number of aryl methyl sites for hydroxylation is 2. The zero-order valence-electron chi connectivity index (χ0n) is 11.1. The molecule has 0 aliphatic heterocycles. The summed E-state index contributed by atoms with van der Waals surface area (Å²) in [5.74, 6) is -1.10. The molecule has 0 radical (unpaired) electrons. The van der Waals surface area contributed by atoms with Gasteiger partial charge in [-0.3, -0.25) is 13.9 Å². The van der Waals surface area contributed by atoms with E-state index in [9.17, 15) is 14.4 Å². The van der Waals surface area contributed by atoms with Crippen molar-refractivity contribution in [1.29, 1.82) is 0 Å². The summed E-state index contributed by atoms with van der Waals surface area (Å²) >= 11 is 0. The molecular weight excluding hydrogens is 268 g/mol. The number of rotatable bonds is 5. The predicted octanol–water partition coefficient (Wildman–Crippen LogP) is -1.47. The Hall–Kier alpha value is -2.42. The zero-order valence-corrected chi connectivity index (χ0v) is 11.1. The first-order valence-electron chi connectivity index (χ1n) is 5.84. The highest BCUT2D eigenvalue weighted by molar-refractivity contribution is 5.69. The van der Waals surface area contributed by atoms with E-state index in [0.717, 1.165) is 4.57 Å². The Balaban J connectivity index is 2.38. The van der Waals surface area contributed by atoms with E-state index >= 15 is 0 Å². The molecule has 0 amide bonds. The molecule has 0 bridgehead atoms. The van der Waals surface area contributed by atoms with Crippen LogP contribution in [0.5, 0.6) is 0 Å². The van der Waals surface area contributed by atoms with Gasteiger partial charge in [-0.1, -0.05) is 0 Å². The van der Waals surface area contributed by atoms with Crippen molar-refractivity contribution in [3.05, 3.63) is 27.2 Å². The van der Waals surface area contributed by atoms with Crippen LogP contribution in [0, 0.1) is 0 Å². The van der Waals surface area contributed by atoms with E-state index in [1.54, 1.807) is 7.05 Å². The monoisotopic (exact) mass is 282 g/mol. The van der Waals surface area contributed by atoms with Crippen molar-refractivity contribution in [3.63, 3.8) is 0 Å². The van der Waals surface area contributed by atoms with Crippen LogP contribution in [0.4, 0.5) is 0 Å². The number of hydrogen-bond acceptors (Lipinski definition) is 5. The van der Waals surface area contributed by atoms with Crippen molar-refractivity contribution in [3.8, 4) is 0 Å². The van der Waals surface area contributed by atoms with E-state index in [4.69, 9.17) is 9.84 Å². The molecule has 9 nitrogen and oxygen atoms in total. The number of ether oxygens (including phenoxy) is 1. The molecule has 20 heavy (non-hydrogen) atoms. The van der Waals surface area contributed by atoms with Gasteiger partial charge in [0.05, 0.1) is 19.5 Å². The van der Waals surface area contributed by atoms with Crippen LogP contribution in [0.2, 0.25) is 0 Å². The summed E-state index contributed by atoms with van der Waals surface area (Å²) in [4.78, 5) is 38.6. The predicted molar refractivity (Wildman–Crippen MR) is 68.7 cm³/mol. The number of fused-ring (bicyclic) bond motifs is 1. The number of hydrogen-bond donors (Lipinski definition) is 1. The van der Waals surface area contributed by atoms with Gasteiger partial charge < -0.3 is 14.4 Å². The molecule has 108 valence electrons. The topological polar surface area (TPSA) is 108 Å². The molecule has 0 aliphatic rings. The average Bonchev–Trinajstić information content (AvgIpc) is 2.77. The Morgan fingerprint density at radius 3 is 2.75 bits per heavy atom. The largest absolute Gasteiger partial charge is 0.480 e. The van der Waals surface area contributed by atoms with Crippen molar-refractivity contribution < 1.29 is 14.6 Å². The SMILES string of the molecule is Cn1cnc2c1c(=O)n(CCOCC(=O)O)c(=O)n2C. The molecular formula is C11H14N4O5. The minimum atomic E-state index is -1.10. The number of carbonyl (C=O) groups is 1. The number of aliphatic carboxylic acids is 1. The van der Waals surface area contributed by atoms with Crippen LogP contribution in [0.15, 0.2) is 15.9 Å². The van der Waals surface area contributed by atoms with Gasteiger partial charge in [-0.15, -0.1) is 0 Å². The van der Waals surface area contributed by atoms with Crippen molar-refractivity contribution in [2.75, 3.05) is 13.2 Å². The quantitative estimate of drug-likeness (QED) is 0.671. The minimum absolute atomic E-state index is 0.0140. The highest BCUT2D eigenvalue weighted by Gasteiger charge is 2.14. The number of aromatic nitrogens is 4. The number of carboxylic acids is 1. The average molecular weight is 282 g/mol. The molecule has 0 spiro atoms. The van der Waals surface area contributed by atoms with Crippen LogP contribution in [-0.2, 0) is 30.2 Å². The van der Waals surface area contributed by atoms with E-state index in [-0.39, 0.29) is 13.2 Å². The molecule has 0 unspecified atom stereocenters. The van der Waals surface area contributed by atoms with E-state index in [1.165, 1.54) is 22.5 Å². The molecule has 2 aromatic rings. The van der Waals surface area contributed by atoms with Crippen molar-refractivity contribution >= 4 is 17.1 Å². The van der Waals surface area contributed by atoms with Gasteiger partial charge in [-0.05, 0) is 0 Å². The molecule has 2 heterocycles. The van der Waals surface area contributed by atoms with Crippen LogP contribution in [-0.4, -0.2) is 43.0 Å². The van der Waals surface area contributed by atoms with Crippen LogP contribution < -0.4 is 11.2 Å². The first-order chi connectivity index (χ1) is 9.43. The van der Waals surface area contributed by atoms with Gasteiger partial charge in [-0.25, -0.2) is 14.6 Å². The Bertz CT molecular complexity index is 769. The molecule has 0 aromatic carbocycles. The number of carboxylic acid groups (broad SMARTS) is 1. The number of nitrogens with zero attached hydrogens (tertiary/aromatic N) is 4. The lowest BCUT2D eigenvalue weighted by atomic mass is 10.5. The van der Waals surface area contributed by atoms with Crippen LogP contribution in [0.25, 0.3) is 11.2 Å². The summed E-state index contributed by atoms with van der Waals surface area (Å²) in [5, 5.41) is 8.44. The molecule has 0 saturated heterocycles. The van der Waals surface area contributed by atoms with Gasteiger partial charge in [0.2, 0.25) is 0 Å². The Labute approximate surface area is 112 Å². The van der Waals surface area contributed by atoms with Crippen LogP contribution in [0.3, 0.4) is 0 Å². The van der Waals surface area contributed by atoms with E-state index < -0.39 is 23.8 Å². The second kappa shape index (κ2) is 5.29. The second-order valence-electron chi connectivity index (χ2n) is 4.27. The Kier molecular flexibility index (Phi) is 3.70.